The predicted octanol–water partition coefficient (Wildman–Crippen LogP) is 6.49. The molecule has 1 saturated carbocycles. The van der Waals surface area contributed by atoms with Gasteiger partial charge in [-0.1, -0.05) is 32.4 Å². The van der Waals surface area contributed by atoms with Crippen molar-refractivity contribution in [1.82, 2.24) is 0 Å². The Hall–Kier alpha value is -2.33. The van der Waals surface area contributed by atoms with Gasteiger partial charge in [0, 0.05) is 16.1 Å². The lowest BCUT2D eigenvalue weighted by molar-refractivity contribution is -0.169. The number of carbonyl (C=O) groups is 2. The molecule has 0 heterocycles. The maximum atomic E-state index is 12.8. The molecule has 2 aromatic rings. The second-order valence-corrected chi connectivity index (χ2v) is 10.3. The minimum Gasteiger partial charge on any atom is -0.476 e. The summed E-state index contributed by atoms with van der Waals surface area (Å²) in [5.74, 6) is 0.558. The van der Waals surface area contributed by atoms with Gasteiger partial charge in [-0.15, -0.1) is 0 Å². The fraction of sp³-hybridized carbons (Fsp3) is 0.462. The van der Waals surface area contributed by atoms with Crippen LogP contribution in [0.1, 0.15) is 69.8 Å². The summed E-state index contributed by atoms with van der Waals surface area (Å²) in [6.45, 7) is 10.1. The van der Waals surface area contributed by atoms with Crippen LogP contribution < -0.4 is 4.74 Å². The molecule has 0 bridgehead atoms. The number of rotatable bonds is 6. The van der Waals surface area contributed by atoms with Crippen LogP contribution in [-0.2, 0) is 9.53 Å². The van der Waals surface area contributed by atoms with E-state index in [1.807, 2.05) is 0 Å². The maximum absolute atomic E-state index is 12.8. The lowest BCUT2D eigenvalue weighted by Gasteiger charge is -2.39. The summed E-state index contributed by atoms with van der Waals surface area (Å²) in [6.07, 6.45) is 2.80. The first-order chi connectivity index (χ1) is 14.4. The van der Waals surface area contributed by atoms with E-state index in [2.05, 4.69) is 20.8 Å². The summed E-state index contributed by atoms with van der Waals surface area (Å²) in [5, 5.41) is 0.584. The number of hydrogen-bond acceptors (Lipinski definition) is 4. The van der Waals surface area contributed by atoms with Crippen LogP contribution >= 0.6 is 11.6 Å². The van der Waals surface area contributed by atoms with Crippen LogP contribution in [-0.4, -0.2) is 23.5 Å². The van der Waals surface area contributed by atoms with Crippen molar-refractivity contribution in [3.63, 3.8) is 0 Å². The van der Waals surface area contributed by atoms with Gasteiger partial charge in [-0.2, -0.15) is 0 Å². The van der Waals surface area contributed by atoms with Crippen LogP contribution in [0.5, 0.6) is 5.75 Å². The van der Waals surface area contributed by atoms with E-state index in [-0.39, 0.29) is 23.3 Å². The van der Waals surface area contributed by atoms with E-state index in [1.54, 1.807) is 62.4 Å². The van der Waals surface area contributed by atoms with E-state index in [9.17, 15) is 9.59 Å². The van der Waals surface area contributed by atoms with Crippen LogP contribution in [0.25, 0.3) is 0 Å². The molecule has 0 radical (unpaired) electrons. The Morgan fingerprint density at radius 3 is 2.06 bits per heavy atom. The Morgan fingerprint density at radius 1 is 0.968 bits per heavy atom. The number of benzene rings is 2. The number of ether oxygens (including phenoxy) is 2. The first-order valence-corrected chi connectivity index (χ1v) is 11.1. The first-order valence-electron chi connectivity index (χ1n) is 10.8. The maximum Gasteiger partial charge on any atom is 0.350 e. The second-order valence-electron chi connectivity index (χ2n) is 9.91. The zero-order chi connectivity index (χ0) is 22.8. The summed E-state index contributed by atoms with van der Waals surface area (Å²) < 4.78 is 11.8. The third-order valence-corrected chi connectivity index (χ3v) is 5.96. The molecular formula is C26H31ClO4. The normalized spacial score (nSPS) is 20.7. The fourth-order valence-corrected chi connectivity index (χ4v) is 4.55. The Morgan fingerprint density at radius 2 is 1.52 bits per heavy atom. The summed E-state index contributed by atoms with van der Waals surface area (Å²) in [5.41, 5.74) is 0.132. The molecule has 0 unspecified atom stereocenters. The fourth-order valence-electron chi connectivity index (χ4n) is 4.42. The summed E-state index contributed by atoms with van der Waals surface area (Å²) in [6, 6.07) is 13.6. The monoisotopic (exact) mass is 442 g/mol. The Bertz CT molecular complexity index is 929. The molecule has 0 aromatic heterocycles. The number of ketones is 1. The molecule has 0 aliphatic heterocycles. The highest BCUT2D eigenvalue weighted by Gasteiger charge is 2.38. The van der Waals surface area contributed by atoms with Crippen molar-refractivity contribution in [1.29, 1.82) is 0 Å². The van der Waals surface area contributed by atoms with Crippen LogP contribution in [0.15, 0.2) is 48.5 Å². The Balaban J connectivity index is 1.63. The molecule has 1 aliphatic carbocycles. The van der Waals surface area contributed by atoms with Crippen LogP contribution in [0.3, 0.4) is 0 Å². The number of esters is 1. The lowest BCUT2D eigenvalue weighted by Crippen LogP contribution is -2.43. The van der Waals surface area contributed by atoms with Crippen molar-refractivity contribution in [3.05, 3.63) is 64.7 Å². The summed E-state index contributed by atoms with van der Waals surface area (Å²) >= 11 is 5.89. The largest absolute Gasteiger partial charge is 0.476 e. The predicted molar refractivity (Wildman–Crippen MR) is 123 cm³/mol. The average Bonchev–Trinajstić information content (AvgIpc) is 2.66. The molecule has 0 saturated heterocycles. The molecule has 5 heteroatoms. The molecule has 2 atom stereocenters. The second kappa shape index (κ2) is 9.04. The molecule has 4 nitrogen and oxygen atoms in total. The minimum absolute atomic E-state index is 0.0894. The molecule has 1 aliphatic rings. The highest BCUT2D eigenvalue weighted by atomic mass is 35.5. The SMILES string of the molecule is C[C@@H]1C[C@H](OC(=O)C(C)(C)Oc2ccc(C(=O)c3ccc(Cl)cc3)cc2)CC(C)(C)C1. The van der Waals surface area contributed by atoms with Gasteiger partial charge in [0.05, 0.1) is 0 Å². The molecular weight excluding hydrogens is 412 g/mol. The first kappa shape index (κ1) is 23.3. The number of hydrogen-bond donors (Lipinski definition) is 0. The highest BCUT2D eigenvalue weighted by Crippen LogP contribution is 2.40. The van der Waals surface area contributed by atoms with E-state index in [0.29, 0.717) is 27.8 Å². The van der Waals surface area contributed by atoms with Gasteiger partial charge in [-0.3, -0.25) is 4.79 Å². The van der Waals surface area contributed by atoms with Gasteiger partial charge >= 0.3 is 5.97 Å². The quantitative estimate of drug-likeness (QED) is 0.379. The molecule has 2 aromatic carbocycles. The molecule has 1 fully saturated rings. The van der Waals surface area contributed by atoms with Gasteiger partial charge in [-0.05, 0) is 93.0 Å². The van der Waals surface area contributed by atoms with Gasteiger partial charge in [0.25, 0.3) is 0 Å². The van der Waals surface area contributed by atoms with Crippen molar-refractivity contribution in [2.45, 2.75) is 65.6 Å². The van der Waals surface area contributed by atoms with Crippen molar-refractivity contribution < 1.29 is 19.1 Å². The topological polar surface area (TPSA) is 52.6 Å². The minimum atomic E-state index is -1.13. The number of halogens is 1. The van der Waals surface area contributed by atoms with Crippen molar-refractivity contribution in [3.8, 4) is 5.75 Å². The van der Waals surface area contributed by atoms with Crippen LogP contribution in [0, 0.1) is 11.3 Å². The molecule has 31 heavy (non-hydrogen) atoms. The zero-order valence-corrected chi connectivity index (χ0v) is 19.7. The molecule has 0 amide bonds. The molecule has 0 spiro atoms. The molecule has 3 rings (SSSR count). The van der Waals surface area contributed by atoms with Gasteiger partial charge in [0.15, 0.2) is 11.4 Å². The smallest absolute Gasteiger partial charge is 0.350 e. The highest BCUT2D eigenvalue weighted by molar-refractivity contribution is 6.30. The standard InChI is InChI=1S/C26H31ClO4/c1-17-14-22(16-25(2,3)15-17)30-24(29)26(4,5)31-21-12-8-19(9-13-21)23(28)18-6-10-20(27)11-7-18/h6-13,17,22H,14-16H2,1-5H3/t17-,22+/m1/s1. The van der Waals surface area contributed by atoms with E-state index in [4.69, 9.17) is 21.1 Å². The Kier molecular flexibility index (Phi) is 6.80. The van der Waals surface area contributed by atoms with Gasteiger partial charge in [0.1, 0.15) is 11.9 Å². The lowest BCUT2D eigenvalue weighted by atomic mass is 9.71. The van der Waals surface area contributed by atoms with Crippen molar-refractivity contribution in [2.24, 2.45) is 11.3 Å². The van der Waals surface area contributed by atoms with Crippen molar-refractivity contribution in [2.75, 3.05) is 0 Å². The average molecular weight is 443 g/mol. The Labute approximate surface area is 189 Å². The molecule has 0 N–H and O–H groups in total. The van der Waals surface area contributed by atoms with Gasteiger partial charge in [-0.25, -0.2) is 4.79 Å². The third kappa shape index (κ3) is 6.10. The summed E-state index contributed by atoms with van der Waals surface area (Å²) in [7, 11) is 0. The zero-order valence-electron chi connectivity index (χ0n) is 18.9. The van der Waals surface area contributed by atoms with E-state index < -0.39 is 5.60 Å². The summed E-state index contributed by atoms with van der Waals surface area (Å²) in [4.78, 5) is 25.4. The van der Waals surface area contributed by atoms with Crippen LogP contribution in [0.2, 0.25) is 5.02 Å². The van der Waals surface area contributed by atoms with Gasteiger partial charge in [0.2, 0.25) is 0 Å². The number of carbonyl (C=O) groups excluding carboxylic acids is 2. The van der Waals surface area contributed by atoms with E-state index in [1.165, 1.54) is 0 Å². The molecule has 166 valence electrons. The third-order valence-electron chi connectivity index (χ3n) is 5.71. The van der Waals surface area contributed by atoms with E-state index >= 15 is 0 Å². The van der Waals surface area contributed by atoms with Crippen molar-refractivity contribution >= 4 is 23.4 Å². The van der Waals surface area contributed by atoms with Gasteiger partial charge < -0.3 is 9.47 Å². The van der Waals surface area contributed by atoms with E-state index in [0.717, 1.165) is 19.3 Å². The van der Waals surface area contributed by atoms with Crippen LogP contribution in [0.4, 0.5) is 0 Å².